The van der Waals surface area contributed by atoms with E-state index in [1.807, 2.05) is 25.2 Å². The van der Waals surface area contributed by atoms with E-state index < -0.39 is 0 Å². The highest BCUT2D eigenvalue weighted by Crippen LogP contribution is 2.27. The van der Waals surface area contributed by atoms with Crippen molar-refractivity contribution in [3.63, 3.8) is 0 Å². The Labute approximate surface area is 142 Å². The van der Waals surface area contributed by atoms with Crippen LogP contribution in [0.3, 0.4) is 0 Å². The summed E-state index contributed by atoms with van der Waals surface area (Å²) in [5, 5.41) is 12.1. The van der Waals surface area contributed by atoms with Crippen LogP contribution >= 0.6 is 24.0 Å². The van der Waals surface area contributed by atoms with E-state index in [0.717, 1.165) is 24.6 Å². The van der Waals surface area contributed by atoms with Gasteiger partial charge in [0.15, 0.2) is 17.5 Å². The van der Waals surface area contributed by atoms with Gasteiger partial charge in [-0.15, -0.1) is 24.0 Å². The Kier molecular flexibility index (Phi) is 7.58. The molecule has 1 aromatic rings. The molecule has 0 aromatic heterocycles. The fourth-order valence-electron chi connectivity index (χ4n) is 2.00. The predicted molar refractivity (Wildman–Crippen MR) is 92.8 cm³/mol. The van der Waals surface area contributed by atoms with Gasteiger partial charge in [-0.2, -0.15) is 0 Å². The van der Waals surface area contributed by atoms with Crippen LogP contribution in [-0.4, -0.2) is 56.4 Å². The lowest BCUT2D eigenvalue weighted by Gasteiger charge is -2.16. The minimum Gasteiger partial charge on any atom is -0.493 e. The zero-order valence-electron chi connectivity index (χ0n) is 12.3. The first-order valence-electron chi connectivity index (χ1n) is 6.64. The zero-order valence-corrected chi connectivity index (χ0v) is 14.7. The van der Waals surface area contributed by atoms with Gasteiger partial charge in [-0.05, 0) is 17.7 Å². The van der Waals surface area contributed by atoms with Crippen LogP contribution < -0.4 is 14.8 Å². The van der Waals surface area contributed by atoms with Gasteiger partial charge in [-0.3, -0.25) is 4.99 Å². The number of guanidine groups is 1. The minimum atomic E-state index is -0.0153. The number of hydrogen-bond donors (Lipinski definition) is 2. The van der Waals surface area contributed by atoms with Crippen molar-refractivity contribution < 1.29 is 14.6 Å². The summed E-state index contributed by atoms with van der Waals surface area (Å²) in [4.78, 5) is 6.47. The molecular formula is C14H22IN3O3. The van der Waals surface area contributed by atoms with E-state index >= 15 is 0 Å². The number of hydrogen-bond acceptors (Lipinski definition) is 6. The van der Waals surface area contributed by atoms with Crippen molar-refractivity contribution in [1.82, 2.24) is 10.2 Å². The van der Waals surface area contributed by atoms with Crippen molar-refractivity contribution in [1.29, 1.82) is 0 Å². The van der Waals surface area contributed by atoms with Gasteiger partial charge in [0.25, 0.3) is 0 Å². The molecular weight excluding hydrogens is 385 g/mol. The van der Waals surface area contributed by atoms with Crippen molar-refractivity contribution in [2.45, 2.75) is 6.54 Å². The maximum atomic E-state index is 8.78. The molecule has 2 rings (SSSR count). The van der Waals surface area contributed by atoms with E-state index in [4.69, 9.17) is 14.6 Å². The first kappa shape index (κ1) is 17.8. The van der Waals surface area contributed by atoms with Crippen molar-refractivity contribution in [2.24, 2.45) is 4.99 Å². The van der Waals surface area contributed by atoms with Crippen LogP contribution in [0.25, 0.3) is 0 Å². The number of benzene rings is 1. The van der Waals surface area contributed by atoms with Crippen LogP contribution in [-0.2, 0) is 6.54 Å². The first-order chi connectivity index (χ1) is 9.74. The summed E-state index contributed by atoms with van der Waals surface area (Å²) >= 11 is 0. The molecule has 0 fully saturated rings. The molecule has 0 bridgehead atoms. The Morgan fingerprint density at radius 3 is 2.81 bits per heavy atom. The summed E-state index contributed by atoms with van der Waals surface area (Å²) in [5.41, 5.74) is 1.08. The number of nitrogens with one attached hydrogen (secondary N) is 1. The van der Waals surface area contributed by atoms with E-state index in [0.29, 0.717) is 18.0 Å². The smallest absolute Gasteiger partial charge is 0.194 e. The Morgan fingerprint density at radius 1 is 1.38 bits per heavy atom. The summed E-state index contributed by atoms with van der Waals surface area (Å²) in [6.45, 7) is 2.73. The molecule has 7 heteroatoms. The maximum Gasteiger partial charge on any atom is 0.194 e. The number of aliphatic hydroxyl groups excluding tert-OH is 1. The molecule has 0 amide bonds. The van der Waals surface area contributed by atoms with Gasteiger partial charge in [0.1, 0.15) is 6.61 Å². The normalized spacial score (nSPS) is 13.5. The average molecular weight is 407 g/mol. The molecule has 0 aliphatic carbocycles. The molecule has 0 atom stereocenters. The lowest BCUT2D eigenvalue weighted by molar-refractivity contribution is 0.196. The van der Waals surface area contributed by atoms with Crippen molar-refractivity contribution in [3.8, 4) is 11.5 Å². The van der Waals surface area contributed by atoms with E-state index in [2.05, 4.69) is 15.2 Å². The van der Waals surface area contributed by atoms with Crippen molar-refractivity contribution in [2.75, 3.05) is 40.5 Å². The van der Waals surface area contributed by atoms with Crippen molar-refractivity contribution >= 4 is 29.9 Å². The fourth-order valence-corrected chi connectivity index (χ4v) is 2.00. The van der Waals surface area contributed by atoms with Crippen LogP contribution in [0, 0.1) is 0 Å². The van der Waals surface area contributed by atoms with Gasteiger partial charge in [-0.1, -0.05) is 6.07 Å². The third-order valence-electron chi connectivity index (χ3n) is 3.09. The molecule has 118 valence electrons. The highest BCUT2D eigenvalue weighted by Gasteiger charge is 2.12. The standard InChI is InChI=1S/C14H21N3O3.HI/c1-17-6-5-15-14(17)16-10-11-3-4-12(20-8-7-18)13(9-11)19-2;/h3-4,9,18H,5-8,10H2,1-2H3,(H,15,16);1H. The van der Waals surface area contributed by atoms with Crippen LogP contribution in [0.2, 0.25) is 0 Å². The second-order valence-electron chi connectivity index (χ2n) is 4.54. The molecule has 6 nitrogen and oxygen atoms in total. The number of rotatable bonds is 6. The topological polar surface area (TPSA) is 66.3 Å². The lowest BCUT2D eigenvalue weighted by Crippen LogP contribution is -2.35. The average Bonchev–Trinajstić information content (AvgIpc) is 2.88. The monoisotopic (exact) mass is 407 g/mol. The zero-order chi connectivity index (χ0) is 14.4. The van der Waals surface area contributed by atoms with Crippen LogP contribution in [0.5, 0.6) is 11.5 Å². The number of likely N-dealkylation sites (N-methyl/N-ethyl adjacent to an activating group) is 1. The number of ether oxygens (including phenoxy) is 2. The second kappa shape index (κ2) is 8.93. The van der Waals surface area contributed by atoms with Gasteiger partial charge in [0.05, 0.1) is 20.3 Å². The third-order valence-corrected chi connectivity index (χ3v) is 3.09. The Hall–Kier alpha value is -1.22. The van der Waals surface area contributed by atoms with Crippen molar-refractivity contribution in [3.05, 3.63) is 23.8 Å². The molecule has 1 aliphatic heterocycles. The molecule has 0 unspecified atom stereocenters. The van der Waals surface area contributed by atoms with Gasteiger partial charge in [0.2, 0.25) is 0 Å². The lowest BCUT2D eigenvalue weighted by atomic mass is 10.2. The molecule has 0 spiro atoms. The molecule has 1 heterocycles. The minimum absolute atomic E-state index is 0. The molecule has 1 aromatic carbocycles. The summed E-state index contributed by atoms with van der Waals surface area (Å²) in [5.74, 6) is 2.23. The number of methoxy groups -OCH3 is 1. The van der Waals surface area contributed by atoms with E-state index in [9.17, 15) is 0 Å². The first-order valence-corrected chi connectivity index (χ1v) is 6.64. The third kappa shape index (κ3) is 4.92. The quantitative estimate of drug-likeness (QED) is 0.691. The largest absolute Gasteiger partial charge is 0.493 e. The number of halogens is 1. The summed E-state index contributed by atoms with van der Waals surface area (Å²) in [7, 11) is 3.62. The predicted octanol–water partition coefficient (Wildman–Crippen LogP) is 1.08. The van der Waals surface area contributed by atoms with Gasteiger partial charge in [0, 0.05) is 20.1 Å². The molecule has 0 saturated heterocycles. The Balaban J connectivity index is 0.00000220. The summed E-state index contributed by atoms with van der Waals surface area (Å²) in [6, 6.07) is 5.75. The number of aliphatic hydroxyl groups is 1. The highest BCUT2D eigenvalue weighted by atomic mass is 127. The Morgan fingerprint density at radius 2 is 2.19 bits per heavy atom. The molecule has 2 N–H and O–H groups in total. The SMILES string of the molecule is COc1cc(CNC2=NCCN2C)ccc1OCCO.I. The summed E-state index contributed by atoms with van der Waals surface area (Å²) in [6.07, 6.45) is 0. The second-order valence-corrected chi connectivity index (χ2v) is 4.54. The van der Waals surface area contributed by atoms with E-state index in [1.54, 1.807) is 7.11 Å². The van der Waals surface area contributed by atoms with Crippen LogP contribution in [0.4, 0.5) is 0 Å². The molecule has 0 saturated carbocycles. The van der Waals surface area contributed by atoms with E-state index in [1.165, 1.54) is 0 Å². The van der Waals surface area contributed by atoms with Gasteiger partial charge in [-0.25, -0.2) is 0 Å². The van der Waals surface area contributed by atoms with Gasteiger partial charge >= 0.3 is 0 Å². The molecule has 21 heavy (non-hydrogen) atoms. The highest BCUT2D eigenvalue weighted by molar-refractivity contribution is 14.0. The number of nitrogens with zero attached hydrogens (tertiary/aromatic N) is 2. The van der Waals surface area contributed by atoms with E-state index in [-0.39, 0.29) is 37.2 Å². The maximum absolute atomic E-state index is 8.78. The molecule has 0 radical (unpaired) electrons. The Bertz CT molecular complexity index is 483. The number of aliphatic imine (C=N–C) groups is 1. The van der Waals surface area contributed by atoms with Crippen LogP contribution in [0.1, 0.15) is 5.56 Å². The summed E-state index contributed by atoms with van der Waals surface area (Å²) < 4.78 is 10.7. The molecule has 1 aliphatic rings. The van der Waals surface area contributed by atoms with Gasteiger partial charge < -0.3 is 24.8 Å². The van der Waals surface area contributed by atoms with Crippen LogP contribution in [0.15, 0.2) is 23.2 Å². The fraction of sp³-hybridized carbons (Fsp3) is 0.500.